The zero-order chi connectivity index (χ0) is 5.86. The lowest BCUT2D eigenvalue weighted by Crippen LogP contribution is -2.25. The Morgan fingerprint density at radius 2 is 2.29 bits per heavy atom. The fourth-order valence-corrected chi connectivity index (χ4v) is 0.322. The van der Waals surface area contributed by atoms with Crippen LogP contribution in [-0.2, 0) is 4.79 Å². The van der Waals surface area contributed by atoms with Crippen molar-refractivity contribution in [2.75, 3.05) is 0 Å². The van der Waals surface area contributed by atoms with Crippen LogP contribution in [0.5, 0.6) is 0 Å². The number of carbonyl (C=O) groups is 1. The molecule has 0 rings (SSSR count). The van der Waals surface area contributed by atoms with Gasteiger partial charge in [0.25, 0.3) is 0 Å². The highest BCUT2D eigenvalue weighted by atomic mass is 16.1. The molecule has 0 amide bonds. The maximum absolute atomic E-state index is 10.4. The van der Waals surface area contributed by atoms with Crippen LogP contribution < -0.4 is 5.73 Å². The second-order valence-corrected chi connectivity index (χ2v) is 1.61. The highest BCUT2D eigenvalue weighted by Crippen LogP contribution is 1.83. The first-order chi connectivity index (χ1) is 3.18. The van der Waals surface area contributed by atoms with Gasteiger partial charge in [-0.25, -0.2) is 0 Å². The number of rotatable bonds is 2. The number of carbonyl (C=O) groups excluding carboxylic acids is 1. The first-order valence-electron chi connectivity index (χ1n) is 2.46. The lowest BCUT2D eigenvalue weighted by Gasteiger charge is -1.96. The Labute approximate surface area is 43.7 Å². The summed E-state index contributed by atoms with van der Waals surface area (Å²) < 4.78 is 0. The molecular weight excluding hydrogens is 90.1 g/mol. The summed E-state index contributed by atoms with van der Waals surface area (Å²) in [4.78, 5) is 10.4. The molecule has 0 radical (unpaired) electrons. The second kappa shape index (κ2) is 2.75. The fraction of sp³-hybridized carbons (Fsp3) is 0.800. The number of Topliss-reactive ketones (excluding diaryl/α,β-unsaturated/α-hetero) is 1. The predicted molar refractivity (Wildman–Crippen MR) is 28.9 cm³/mol. The molecule has 0 unspecified atom stereocenters. The number of ketones is 1. The normalized spacial score (nSPS) is 13.6. The zero-order valence-electron chi connectivity index (χ0n) is 4.77. The van der Waals surface area contributed by atoms with Crippen molar-refractivity contribution < 1.29 is 4.79 Å². The molecule has 2 N–H and O–H groups in total. The van der Waals surface area contributed by atoms with E-state index in [-0.39, 0.29) is 11.8 Å². The lowest BCUT2D eigenvalue weighted by atomic mass is 10.2. The van der Waals surface area contributed by atoms with E-state index >= 15 is 0 Å². The molecule has 0 spiro atoms. The van der Waals surface area contributed by atoms with Gasteiger partial charge >= 0.3 is 0 Å². The molecule has 0 aromatic rings. The molecule has 2 nitrogen and oxygen atoms in total. The van der Waals surface area contributed by atoms with Crippen LogP contribution in [0, 0.1) is 0 Å². The summed E-state index contributed by atoms with van der Waals surface area (Å²) in [5, 5.41) is 0. The molecule has 0 aliphatic carbocycles. The van der Waals surface area contributed by atoms with Crippen LogP contribution >= 0.6 is 0 Å². The quantitative estimate of drug-likeness (QED) is 0.544. The van der Waals surface area contributed by atoms with Crippen LogP contribution in [0.3, 0.4) is 0 Å². The summed E-state index contributed by atoms with van der Waals surface area (Å²) in [5.74, 6) is 0.125. The Morgan fingerprint density at radius 3 is 2.29 bits per heavy atom. The minimum atomic E-state index is -0.273. The van der Waals surface area contributed by atoms with Crippen LogP contribution in [0.25, 0.3) is 0 Å². The molecule has 2 heteroatoms. The molecule has 0 aliphatic heterocycles. The smallest absolute Gasteiger partial charge is 0.148 e. The molecule has 0 saturated heterocycles. The first-order valence-corrected chi connectivity index (χ1v) is 2.46. The Balaban J connectivity index is 3.35. The molecule has 0 saturated carbocycles. The van der Waals surface area contributed by atoms with Crippen molar-refractivity contribution in [3.8, 4) is 0 Å². The van der Waals surface area contributed by atoms with E-state index in [1.807, 2.05) is 6.92 Å². The number of nitrogens with two attached hydrogens (primary N) is 1. The fourth-order valence-electron chi connectivity index (χ4n) is 0.322. The highest BCUT2D eigenvalue weighted by Gasteiger charge is 2.01. The summed E-state index contributed by atoms with van der Waals surface area (Å²) >= 11 is 0. The van der Waals surface area contributed by atoms with Crippen LogP contribution in [0.4, 0.5) is 0 Å². The van der Waals surface area contributed by atoms with Crippen molar-refractivity contribution in [3.63, 3.8) is 0 Å². The van der Waals surface area contributed by atoms with Gasteiger partial charge in [0.1, 0.15) is 5.78 Å². The number of hydrogen-bond acceptors (Lipinski definition) is 2. The van der Waals surface area contributed by atoms with Crippen molar-refractivity contribution in [2.45, 2.75) is 26.3 Å². The lowest BCUT2D eigenvalue weighted by molar-refractivity contribution is -0.119. The molecule has 0 aromatic heterocycles. The Hall–Kier alpha value is -0.370. The van der Waals surface area contributed by atoms with Crippen LogP contribution in [-0.4, -0.2) is 11.8 Å². The monoisotopic (exact) mass is 101 g/mol. The molecule has 0 fully saturated rings. The standard InChI is InChI=1S/C5H11NO/c1-3-5(7)4(2)6/h4H,3,6H2,1-2H3/t4-/m0/s1. The summed E-state index contributed by atoms with van der Waals surface area (Å²) in [6.45, 7) is 3.51. The molecule has 0 heterocycles. The molecule has 0 aromatic carbocycles. The summed E-state index contributed by atoms with van der Waals surface area (Å²) in [7, 11) is 0. The SMILES string of the molecule is CCC(=O)[C@H](C)N. The maximum atomic E-state index is 10.4. The largest absolute Gasteiger partial charge is 0.322 e. The Bertz CT molecular complexity index is 68.5. The Morgan fingerprint density at radius 1 is 1.86 bits per heavy atom. The third-order valence-corrected chi connectivity index (χ3v) is 0.856. The molecule has 0 bridgehead atoms. The maximum Gasteiger partial charge on any atom is 0.148 e. The molecule has 1 atom stereocenters. The average molecular weight is 101 g/mol. The van der Waals surface area contributed by atoms with Gasteiger partial charge in [-0.2, -0.15) is 0 Å². The van der Waals surface area contributed by atoms with Gasteiger partial charge in [0.2, 0.25) is 0 Å². The van der Waals surface area contributed by atoms with Gasteiger partial charge in [0.05, 0.1) is 6.04 Å². The van der Waals surface area contributed by atoms with Crippen LogP contribution in [0.1, 0.15) is 20.3 Å². The Kier molecular flexibility index (Phi) is 2.60. The van der Waals surface area contributed by atoms with E-state index in [1.54, 1.807) is 6.92 Å². The van der Waals surface area contributed by atoms with Gasteiger partial charge < -0.3 is 5.73 Å². The van der Waals surface area contributed by atoms with Gasteiger partial charge in [-0.15, -0.1) is 0 Å². The summed E-state index contributed by atoms with van der Waals surface area (Å²) in [5.41, 5.74) is 5.20. The van der Waals surface area contributed by atoms with E-state index < -0.39 is 0 Å². The van der Waals surface area contributed by atoms with E-state index in [0.29, 0.717) is 6.42 Å². The van der Waals surface area contributed by atoms with E-state index in [4.69, 9.17) is 5.73 Å². The first kappa shape index (κ1) is 6.63. The van der Waals surface area contributed by atoms with Gasteiger partial charge in [-0.05, 0) is 6.92 Å². The van der Waals surface area contributed by atoms with Crippen molar-refractivity contribution >= 4 is 5.78 Å². The number of hydrogen-bond donors (Lipinski definition) is 1. The van der Waals surface area contributed by atoms with Gasteiger partial charge in [-0.3, -0.25) is 4.79 Å². The summed E-state index contributed by atoms with van der Waals surface area (Å²) in [6.07, 6.45) is 0.553. The van der Waals surface area contributed by atoms with E-state index in [9.17, 15) is 4.79 Å². The van der Waals surface area contributed by atoms with Crippen LogP contribution in [0.15, 0.2) is 0 Å². The topological polar surface area (TPSA) is 43.1 Å². The second-order valence-electron chi connectivity index (χ2n) is 1.61. The molecular formula is C5H11NO. The van der Waals surface area contributed by atoms with Crippen molar-refractivity contribution in [1.82, 2.24) is 0 Å². The van der Waals surface area contributed by atoms with Crippen molar-refractivity contribution in [1.29, 1.82) is 0 Å². The molecule has 0 aliphatic rings. The van der Waals surface area contributed by atoms with Crippen molar-refractivity contribution in [3.05, 3.63) is 0 Å². The van der Waals surface area contributed by atoms with Crippen molar-refractivity contribution in [2.24, 2.45) is 5.73 Å². The van der Waals surface area contributed by atoms with Crippen LogP contribution in [0.2, 0.25) is 0 Å². The molecule has 7 heavy (non-hydrogen) atoms. The third kappa shape index (κ3) is 2.34. The van der Waals surface area contributed by atoms with E-state index in [1.165, 1.54) is 0 Å². The summed E-state index contributed by atoms with van der Waals surface area (Å²) in [6, 6.07) is -0.273. The zero-order valence-corrected chi connectivity index (χ0v) is 4.77. The van der Waals surface area contributed by atoms with E-state index in [0.717, 1.165) is 0 Å². The average Bonchev–Trinajstić information content (AvgIpc) is 1.65. The van der Waals surface area contributed by atoms with Gasteiger partial charge in [0.15, 0.2) is 0 Å². The highest BCUT2D eigenvalue weighted by molar-refractivity contribution is 5.82. The van der Waals surface area contributed by atoms with Gasteiger partial charge in [-0.1, -0.05) is 6.92 Å². The predicted octanol–water partition coefficient (Wildman–Crippen LogP) is 0.313. The minimum absolute atomic E-state index is 0.125. The third-order valence-electron chi connectivity index (χ3n) is 0.856. The minimum Gasteiger partial charge on any atom is -0.322 e. The molecule has 42 valence electrons. The van der Waals surface area contributed by atoms with E-state index in [2.05, 4.69) is 0 Å². The van der Waals surface area contributed by atoms with Gasteiger partial charge in [0, 0.05) is 6.42 Å².